The number of phenols is 2. The molecule has 2 atom stereocenters. The van der Waals surface area contributed by atoms with E-state index < -0.39 is 46.8 Å². The highest BCUT2D eigenvalue weighted by Crippen LogP contribution is 2.43. The van der Waals surface area contributed by atoms with Crippen molar-refractivity contribution in [3.05, 3.63) is 94.3 Å². The molecule has 0 aromatic heterocycles. The van der Waals surface area contributed by atoms with Gasteiger partial charge in [-0.3, -0.25) is 9.59 Å². The summed E-state index contributed by atoms with van der Waals surface area (Å²) in [4.78, 5) is 29.4. The maximum Gasteiger partial charge on any atom is 0.170 e. The fourth-order valence-corrected chi connectivity index (χ4v) is 5.22. The van der Waals surface area contributed by atoms with Crippen molar-refractivity contribution in [2.75, 3.05) is 26.2 Å². The average Bonchev–Trinajstić information content (AvgIpc) is 2.87. The lowest BCUT2D eigenvalue weighted by Gasteiger charge is -2.43. The van der Waals surface area contributed by atoms with Crippen LogP contribution in [-0.2, 0) is 0 Å². The van der Waals surface area contributed by atoms with Crippen molar-refractivity contribution in [1.29, 1.82) is 0 Å². The molecule has 0 radical (unpaired) electrons. The van der Waals surface area contributed by atoms with Crippen molar-refractivity contribution in [2.45, 2.75) is 12.8 Å². The first-order valence-electron chi connectivity index (χ1n) is 11.8. The van der Waals surface area contributed by atoms with E-state index in [-0.39, 0.29) is 47.8 Å². The number of benzene rings is 3. The Kier molecular flexibility index (Phi) is 7.65. The number of hydrogen-bond donors (Lipinski definition) is 3. The summed E-state index contributed by atoms with van der Waals surface area (Å²) >= 11 is 0. The Balaban J connectivity index is 1.91. The van der Waals surface area contributed by atoms with Gasteiger partial charge in [0.2, 0.25) is 0 Å². The van der Waals surface area contributed by atoms with Crippen molar-refractivity contribution in [3.8, 4) is 11.5 Å². The van der Waals surface area contributed by atoms with Gasteiger partial charge in [0.25, 0.3) is 0 Å². The molecule has 1 heterocycles. The topological polar surface area (TPSA) is 104 Å². The highest BCUT2D eigenvalue weighted by Gasteiger charge is 2.46. The van der Waals surface area contributed by atoms with Gasteiger partial charge in [0.15, 0.2) is 11.6 Å². The number of carbonyl (C=O) groups is 2. The summed E-state index contributed by atoms with van der Waals surface area (Å²) in [5, 5.41) is 19.8. The van der Waals surface area contributed by atoms with E-state index in [1.165, 1.54) is 19.1 Å². The number of rotatable bonds is 7. The summed E-state index contributed by atoms with van der Waals surface area (Å²) in [5.74, 6) is -7.29. The van der Waals surface area contributed by atoms with Crippen molar-refractivity contribution in [1.82, 2.24) is 4.90 Å². The van der Waals surface area contributed by atoms with Gasteiger partial charge in [-0.2, -0.15) is 0 Å². The first-order chi connectivity index (χ1) is 17.6. The third-order valence-electron chi connectivity index (χ3n) is 7.00. The van der Waals surface area contributed by atoms with E-state index in [1.807, 2.05) is 0 Å². The van der Waals surface area contributed by atoms with E-state index >= 15 is 0 Å². The number of aromatic hydroxyl groups is 2. The Bertz CT molecular complexity index is 1270. The molecule has 3 aromatic carbocycles. The Morgan fingerprint density at radius 1 is 0.865 bits per heavy atom. The summed E-state index contributed by atoms with van der Waals surface area (Å²) in [7, 11) is 0. The molecule has 4 N–H and O–H groups in total. The monoisotopic (exact) mass is 512 g/mol. The minimum Gasteiger partial charge on any atom is -0.508 e. The molecule has 6 nitrogen and oxygen atoms in total. The SMILES string of the molecule is Cc1c(F)cccc1C1[C@@H](C(=O)c2cc(O)ccc2F)CN(CCN)C[C@@H]1C(=O)c1cc(O)ccc1F. The van der Waals surface area contributed by atoms with Gasteiger partial charge in [0, 0.05) is 43.9 Å². The number of ketones is 2. The molecule has 194 valence electrons. The molecule has 0 amide bonds. The second kappa shape index (κ2) is 10.7. The second-order valence-corrected chi connectivity index (χ2v) is 9.30. The van der Waals surface area contributed by atoms with Gasteiger partial charge < -0.3 is 20.8 Å². The molecular formula is C28H27F3N2O4. The van der Waals surface area contributed by atoms with E-state index in [9.17, 15) is 33.0 Å². The first kappa shape index (κ1) is 26.4. The van der Waals surface area contributed by atoms with Crippen LogP contribution in [0.1, 0.15) is 37.8 Å². The third-order valence-corrected chi connectivity index (χ3v) is 7.00. The van der Waals surface area contributed by atoms with E-state index in [1.54, 1.807) is 11.0 Å². The molecule has 0 unspecified atom stereocenters. The summed E-state index contributed by atoms with van der Waals surface area (Å²) < 4.78 is 44.2. The van der Waals surface area contributed by atoms with Crippen LogP contribution in [0.4, 0.5) is 13.2 Å². The number of halogens is 3. The van der Waals surface area contributed by atoms with Crippen LogP contribution in [0.25, 0.3) is 0 Å². The molecule has 1 fully saturated rings. The standard InChI is InChI=1S/C28H27F3N2O4/c1-15-18(3-2-4-23(15)29)26-21(27(36)19-11-16(34)5-7-24(19)30)13-33(10-9-32)14-22(26)28(37)20-12-17(35)6-8-25(20)31/h2-8,11-12,21-22,26,34-35H,9-10,13-14,32H2,1H3/t21-,22-/m0/s1. The summed E-state index contributed by atoms with van der Waals surface area (Å²) in [6, 6.07) is 10.5. The Hall–Kier alpha value is -3.69. The van der Waals surface area contributed by atoms with Crippen molar-refractivity contribution in [3.63, 3.8) is 0 Å². The number of phenolic OH excluding ortho intramolecular Hbond substituents is 2. The van der Waals surface area contributed by atoms with Crippen LogP contribution in [0.3, 0.4) is 0 Å². The molecule has 0 saturated carbocycles. The lowest BCUT2D eigenvalue weighted by Crippen LogP contribution is -2.51. The molecule has 1 aliphatic heterocycles. The molecule has 4 rings (SSSR count). The average molecular weight is 513 g/mol. The zero-order valence-corrected chi connectivity index (χ0v) is 20.1. The molecule has 0 spiro atoms. The van der Waals surface area contributed by atoms with Crippen LogP contribution < -0.4 is 5.73 Å². The van der Waals surface area contributed by atoms with Gasteiger partial charge in [-0.05, 0) is 60.5 Å². The number of nitrogens with zero attached hydrogens (tertiary/aromatic N) is 1. The predicted octanol–water partition coefficient (Wildman–Crippen LogP) is 4.18. The van der Waals surface area contributed by atoms with E-state index in [0.29, 0.717) is 12.1 Å². The third kappa shape index (κ3) is 5.23. The lowest BCUT2D eigenvalue weighted by molar-refractivity contribution is 0.0574. The fraction of sp³-hybridized carbons (Fsp3) is 0.286. The summed E-state index contributed by atoms with van der Waals surface area (Å²) in [6.07, 6.45) is 0. The quantitative estimate of drug-likeness (QED) is 0.411. The van der Waals surface area contributed by atoms with E-state index in [4.69, 9.17) is 5.73 Å². The minimum absolute atomic E-state index is 0.0814. The Labute approximate surface area is 212 Å². The first-order valence-corrected chi connectivity index (χ1v) is 11.8. The Morgan fingerprint density at radius 3 is 1.86 bits per heavy atom. The normalized spacial score (nSPS) is 18.6. The summed E-state index contributed by atoms with van der Waals surface area (Å²) in [6.45, 7) is 2.18. The molecule has 1 aliphatic rings. The van der Waals surface area contributed by atoms with E-state index in [0.717, 1.165) is 36.4 Å². The molecule has 0 bridgehead atoms. The lowest BCUT2D eigenvalue weighted by atomic mass is 9.67. The number of hydrogen-bond acceptors (Lipinski definition) is 6. The van der Waals surface area contributed by atoms with Gasteiger partial charge in [-0.15, -0.1) is 0 Å². The van der Waals surface area contributed by atoms with Gasteiger partial charge in [-0.1, -0.05) is 12.1 Å². The van der Waals surface area contributed by atoms with Gasteiger partial charge >= 0.3 is 0 Å². The number of nitrogens with two attached hydrogens (primary N) is 1. The number of Topliss-reactive ketones (excluding diaryl/α,β-unsaturated/α-hetero) is 2. The molecule has 0 aliphatic carbocycles. The predicted molar refractivity (Wildman–Crippen MR) is 131 cm³/mol. The number of carbonyl (C=O) groups excluding carboxylic acids is 2. The maximum absolute atomic E-state index is 14.7. The largest absolute Gasteiger partial charge is 0.508 e. The highest BCUT2D eigenvalue weighted by molar-refractivity contribution is 6.02. The minimum atomic E-state index is -1.05. The van der Waals surface area contributed by atoms with Crippen LogP contribution in [-0.4, -0.2) is 52.9 Å². The van der Waals surface area contributed by atoms with Crippen LogP contribution in [0.15, 0.2) is 54.6 Å². The fourth-order valence-electron chi connectivity index (χ4n) is 5.22. The molecule has 1 saturated heterocycles. The van der Waals surface area contributed by atoms with Gasteiger partial charge in [0.1, 0.15) is 29.0 Å². The van der Waals surface area contributed by atoms with Crippen molar-refractivity contribution >= 4 is 11.6 Å². The molecule has 3 aromatic rings. The Morgan fingerprint density at radius 2 is 1.38 bits per heavy atom. The second-order valence-electron chi connectivity index (χ2n) is 9.30. The maximum atomic E-state index is 14.7. The van der Waals surface area contributed by atoms with Gasteiger partial charge in [-0.25, -0.2) is 13.2 Å². The molecular weight excluding hydrogens is 485 g/mol. The summed E-state index contributed by atoms with van der Waals surface area (Å²) in [5.41, 5.74) is 5.60. The number of piperidine rings is 1. The van der Waals surface area contributed by atoms with Crippen molar-refractivity contribution in [2.24, 2.45) is 17.6 Å². The van der Waals surface area contributed by atoms with Crippen LogP contribution in [0, 0.1) is 36.2 Å². The number of likely N-dealkylation sites (tertiary alicyclic amines) is 1. The highest BCUT2D eigenvalue weighted by atomic mass is 19.1. The van der Waals surface area contributed by atoms with Crippen LogP contribution >= 0.6 is 0 Å². The zero-order chi connectivity index (χ0) is 26.9. The smallest absolute Gasteiger partial charge is 0.170 e. The van der Waals surface area contributed by atoms with Crippen LogP contribution in [0.5, 0.6) is 11.5 Å². The van der Waals surface area contributed by atoms with Crippen LogP contribution in [0.2, 0.25) is 0 Å². The van der Waals surface area contributed by atoms with Crippen molar-refractivity contribution < 1.29 is 33.0 Å². The van der Waals surface area contributed by atoms with Gasteiger partial charge in [0.05, 0.1) is 11.1 Å². The molecule has 37 heavy (non-hydrogen) atoms. The molecule has 9 heteroatoms. The zero-order valence-electron chi connectivity index (χ0n) is 20.1. The van der Waals surface area contributed by atoms with E-state index in [2.05, 4.69) is 0 Å².